The maximum atomic E-state index is 5.78. The number of halogens is 1. The number of hydrogen-bond acceptors (Lipinski definition) is 2. The molecule has 1 aromatic rings. The Hall–Kier alpha value is -0.990. The number of rotatable bonds is 6. The third-order valence-electron chi connectivity index (χ3n) is 2.47. The summed E-state index contributed by atoms with van der Waals surface area (Å²) >= 11 is 5.78. The molecule has 1 fully saturated rings. The fraction of sp³-hybridized carbons (Fsp3) is 0.385. The highest BCUT2D eigenvalue weighted by molar-refractivity contribution is 6.30. The molecule has 0 aliphatic heterocycles. The van der Waals surface area contributed by atoms with Crippen molar-refractivity contribution in [3.8, 4) is 5.75 Å². The molecule has 1 aliphatic rings. The van der Waals surface area contributed by atoms with E-state index in [9.17, 15) is 0 Å². The average molecular weight is 238 g/mol. The molecule has 1 aliphatic carbocycles. The van der Waals surface area contributed by atoms with Crippen LogP contribution in [0.3, 0.4) is 0 Å². The van der Waals surface area contributed by atoms with Crippen molar-refractivity contribution in [2.45, 2.75) is 18.9 Å². The summed E-state index contributed by atoms with van der Waals surface area (Å²) in [6.45, 7) is 5.38. The van der Waals surface area contributed by atoms with Gasteiger partial charge in [-0.15, -0.1) is 0 Å². The van der Waals surface area contributed by atoms with E-state index in [2.05, 4.69) is 11.9 Å². The van der Waals surface area contributed by atoms with Gasteiger partial charge in [-0.1, -0.05) is 18.2 Å². The zero-order chi connectivity index (χ0) is 11.4. The van der Waals surface area contributed by atoms with Crippen LogP contribution in [-0.4, -0.2) is 19.2 Å². The van der Waals surface area contributed by atoms with Gasteiger partial charge in [0.1, 0.15) is 12.4 Å². The topological polar surface area (TPSA) is 21.3 Å². The van der Waals surface area contributed by atoms with Gasteiger partial charge in [0.15, 0.2) is 0 Å². The predicted octanol–water partition coefficient (Wildman–Crippen LogP) is 3.03. The summed E-state index contributed by atoms with van der Waals surface area (Å²) in [5, 5.41) is 4.12. The highest BCUT2D eigenvalue weighted by atomic mass is 35.5. The van der Waals surface area contributed by atoms with Crippen molar-refractivity contribution in [2.75, 3.05) is 13.2 Å². The van der Waals surface area contributed by atoms with Crippen LogP contribution >= 0.6 is 11.6 Å². The van der Waals surface area contributed by atoms with Gasteiger partial charge >= 0.3 is 0 Å². The van der Waals surface area contributed by atoms with Gasteiger partial charge in [0.05, 0.1) is 0 Å². The van der Waals surface area contributed by atoms with Gasteiger partial charge in [-0.2, -0.15) is 0 Å². The molecule has 86 valence electrons. The van der Waals surface area contributed by atoms with Gasteiger partial charge in [-0.05, 0) is 42.7 Å². The van der Waals surface area contributed by atoms with Gasteiger partial charge in [0.2, 0.25) is 0 Å². The standard InChI is InChI=1S/C13H16ClNO/c1-10(8-15-12-4-5-12)9-16-13-6-2-11(14)3-7-13/h2-3,6-7,12,15H,1,4-5,8-9H2. The van der Waals surface area contributed by atoms with Crippen molar-refractivity contribution in [2.24, 2.45) is 0 Å². The maximum Gasteiger partial charge on any atom is 0.119 e. The van der Waals surface area contributed by atoms with Crippen molar-refractivity contribution >= 4 is 11.6 Å². The summed E-state index contributed by atoms with van der Waals surface area (Å²) in [7, 11) is 0. The zero-order valence-corrected chi connectivity index (χ0v) is 9.96. The normalized spacial score (nSPS) is 14.8. The van der Waals surface area contributed by atoms with Crippen LogP contribution in [0.15, 0.2) is 36.4 Å². The fourth-order valence-electron chi connectivity index (χ4n) is 1.34. The van der Waals surface area contributed by atoms with E-state index in [0.29, 0.717) is 12.6 Å². The highest BCUT2D eigenvalue weighted by Crippen LogP contribution is 2.19. The lowest BCUT2D eigenvalue weighted by atomic mass is 10.3. The number of benzene rings is 1. The Morgan fingerprint density at radius 3 is 2.69 bits per heavy atom. The van der Waals surface area contributed by atoms with Crippen molar-refractivity contribution < 1.29 is 4.74 Å². The van der Waals surface area contributed by atoms with Gasteiger partial charge < -0.3 is 10.1 Å². The van der Waals surface area contributed by atoms with Crippen molar-refractivity contribution in [3.63, 3.8) is 0 Å². The molecule has 2 rings (SSSR count). The van der Waals surface area contributed by atoms with E-state index in [1.165, 1.54) is 12.8 Å². The first-order valence-corrected chi connectivity index (χ1v) is 5.90. The molecule has 1 N–H and O–H groups in total. The maximum absolute atomic E-state index is 5.78. The largest absolute Gasteiger partial charge is 0.489 e. The van der Waals surface area contributed by atoms with E-state index in [4.69, 9.17) is 16.3 Å². The zero-order valence-electron chi connectivity index (χ0n) is 9.21. The van der Waals surface area contributed by atoms with E-state index in [1.807, 2.05) is 24.3 Å². The molecule has 0 bridgehead atoms. The van der Waals surface area contributed by atoms with Crippen LogP contribution in [-0.2, 0) is 0 Å². The fourth-order valence-corrected chi connectivity index (χ4v) is 1.47. The molecule has 0 amide bonds. The average Bonchev–Trinajstić information content (AvgIpc) is 3.09. The molecule has 16 heavy (non-hydrogen) atoms. The Morgan fingerprint density at radius 1 is 1.38 bits per heavy atom. The van der Waals surface area contributed by atoms with E-state index in [1.54, 1.807) is 0 Å². The van der Waals surface area contributed by atoms with Crippen LogP contribution in [0.1, 0.15) is 12.8 Å². The molecule has 1 aromatic carbocycles. The van der Waals surface area contributed by atoms with Gasteiger partial charge in [0, 0.05) is 17.6 Å². The Morgan fingerprint density at radius 2 is 2.06 bits per heavy atom. The minimum absolute atomic E-state index is 0.557. The molecule has 3 heteroatoms. The number of nitrogens with one attached hydrogen (secondary N) is 1. The molecule has 0 saturated heterocycles. The highest BCUT2D eigenvalue weighted by Gasteiger charge is 2.19. The lowest BCUT2D eigenvalue weighted by Crippen LogP contribution is -2.21. The van der Waals surface area contributed by atoms with Crippen molar-refractivity contribution in [1.82, 2.24) is 5.32 Å². The Balaban J connectivity index is 1.69. The SMILES string of the molecule is C=C(CNC1CC1)COc1ccc(Cl)cc1. The summed E-state index contributed by atoms with van der Waals surface area (Å²) < 4.78 is 5.58. The lowest BCUT2D eigenvalue weighted by Gasteiger charge is -2.09. The summed E-state index contributed by atoms with van der Waals surface area (Å²) in [5.74, 6) is 0.831. The third-order valence-corrected chi connectivity index (χ3v) is 2.73. The predicted molar refractivity (Wildman–Crippen MR) is 67.1 cm³/mol. The van der Waals surface area contributed by atoms with Crippen molar-refractivity contribution in [3.05, 3.63) is 41.4 Å². The quantitative estimate of drug-likeness (QED) is 0.768. The van der Waals surface area contributed by atoms with Crippen LogP contribution in [0.4, 0.5) is 0 Å². The lowest BCUT2D eigenvalue weighted by molar-refractivity contribution is 0.348. The Bertz CT molecular complexity index is 357. The molecule has 1 saturated carbocycles. The molecule has 0 unspecified atom stereocenters. The van der Waals surface area contributed by atoms with E-state index in [0.717, 1.165) is 22.9 Å². The third kappa shape index (κ3) is 3.87. The summed E-state index contributed by atoms with van der Waals surface area (Å²) in [6, 6.07) is 8.09. The number of hydrogen-bond donors (Lipinski definition) is 1. The van der Waals surface area contributed by atoms with Crippen LogP contribution < -0.4 is 10.1 Å². The van der Waals surface area contributed by atoms with Gasteiger partial charge in [-0.3, -0.25) is 0 Å². The second-order valence-electron chi connectivity index (χ2n) is 4.15. The van der Waals surface area contributed by atoms with Crippen LogP contribution in [0, 0.1) is 0 Å². The van der Waals surface area contributed by atoms with Gasteiger partial charge in [-0.25, -0.2) is 0 Å². The number of ether oxygens (including phenoxy) is 1. The minimum atomic E-state index is 0.557. The Kier molecular flexibility index (Phi) is 3.86. The first-order chi connectivity index (χ1) is 7.74. The van der Waals surface area contributed by atoms with Crippen molar-refractivity contribution in [1.29, 1.82) is 0 Å². The van der Waals surface area contributed by atoms with Crippen LogP contribution in [0.5, 0.6) is 5.75 Å². The summed E-state index contributed by atoms with van der Waals surface area (Å²) in [4.78, 5) is 0. The first-order valence-electron chi connectivity index (χ1n) is 5.52. The van der Waals surface area contributed by atoms with Crippen LogP contribution in [0.25, 0.3) is 0 Å². The second-order valence-corrected chi connectivity index (χ2v) is 4.58. The molecule has 0 atom stereocenters. The second kappa shape index (κ2) is 5.37. The molecular formula is C13H16ClNO. The molecule has 0 heterocycles. The minimum Gasteiger partial charge on any atom is -0.489 e. The summed E-state index contributed by atoms with van der Waals surface area (Å²) in [5.41, 5.74) is 1.07. The van der Waals surface area contributed by atoms with E-state index >= 15 is 0 Å². The van der Waals surface area contributed by atoms with Crippen LogP contribution in [0.2, 0.25) is 5.02 Å². The van der Waals surface area contributed by atoms with E-state index in [-0.39, 0.29) is 0 Å². The summed E-state index contributed by atoms with van der Waals surface area (Å²) in [6.07, 6.45) is 2.59. The first kappa shape index (κ1) is 11.5. The van der Waals surface area contributed by atoms with E-state index < -0.39 is 0 Å². The molecule has 0 spiro atoms. The molecular weight excluding hydrogens is 222 g/mol. The smallest absolute Gasteiger partial charge is 0.119 e. The van der Waals surface area contributed by atoms with Gasteiger partial charge in [0.25, 0.3) is 0 Å². The Labute approximate surface area is 101 Å². The molecule has 2 nitrogen and oxygen atoms in total. The molecule has 0 radical (unpaired) electrons. The monoisotopic (exact) mass is 237 g/mol. The molecule has 0 aromatic heterocycles.